The molecule has 1 aliphatic heterocycles. The van der Waals surface area contributed by atoms with Gasteiger partial charge in [-0.1, -0.05) is 0 Å². The number of carbonyl (C=O) groups is 1. The van der Waals surface area contributed by atoms with Gasteiger partial charge in [-0.2, -0.15) is 0 Å². The summed E-state index contributed by atoms with van der Waals surface area (Å²) in [4.78, 5) is 28.4. The highest BCUT2D eigenvalue weighted by Crippen LogP contribution is 2.26. The Hall–Kier alpha value is -3.47. The number of sulfonamides is 1. The summed E-state index contributed by atoms with van der Waals surface area (Å²) in [6.07, 6.45) is 1.74. The van der Waals surface area contributed by atoms with Crippen LogP contribution in [0.5, 0.6) is 0 Å². The standard InChI is InChI=1S/C24H22N4O4S2/c1-15-3-8-22(33-15)34(31,32)26-24(30)25-19-4-6-20(7-5-19)28-10-9-16-11-17-13-27(2)14-18(17)12-21(16)23(28)29/h3-12H,13-14H2,1-2H3,(H2,25,26,30). The van der Waals surface area contributed by atoms with Crippen molar-refractivity contribution in [3.05, 3.63) is 87.2 Å². The Bertz CT molecular complexity index is 1590. The molecule has 2 amide bonds. The second-order valence-corrected chi connectivity index (χ2v) is 11.5. The predicted octanol–water partition coefficient (Wildman–Crippen LogP) is 3.82. The number of amides is 2. The quantitative estimate of drug-likeness (QED) is 0.449. The van der Waals surface area contributed by atoms with E-state index in [0.717, 1.165) is 34.7 Å². The van der Waals surface area contributed by atoms with E-state index in [-0.39, 0.29) is 9.77 Å². The van der Waals surface area contributed by atoms with Gasteiger partial charge in [0.15, 0.2) is 0 Å². The number of rotatable bonds is 4. The molecule has 0 bridgehead atoms. The van der Waals surface area contributed by atoms with Crippen molar-refractivity contribution in [1.29, 1.82) is 0 Å². The molecule has 0 spiro atoms. The zero-order valence-electron chi connectivity index (χ0n) is 18.5. The van der Waals surface area contributed by atoms with Crippen molar-refractivity contribution >= 4 is 43.9 Å². The number of hydrogen-bond donors (Lipinski definition) is 2. The van der Waals surface area contributed by atoms with Gasteiger partial charge in [-0.25, -0.2) is 17.9 Å². The number of nitrogens with zero attached hydrogens (tertiary/aromatic N) is 2. The second-order valence-electron chi connectivity index (χ2n) is 8.34. The summed E-state index contributed by atoms with van der Waals surface area (Å²) in [5.41, 5.74) is 3.33. The number of nitrogens with one attached hydrogen (secondary N) is 2. The highest BCUT2D eigenvalue weighted by Gasteiger charge is 2.20. The minimum absolute atomic E-state index is 0.0727. The van der Waals surface area contributed by atoms with Gasteiger partial charge in [0.05, 0.1) is 0 Å². The van der Waals surface area contributed by atoms with E-state index < -0.39 is 16.1 Å². The van der Waals surface area contributed by atoms with Gasteiger partial charge in [-0.05, 0) is 85.1 Å². The van der Waals surface area contributed by atoms with Gasteiger partial charge in [0.25, 0.3) is 15.6 Å². The highest BCUT2D eigenvalue weighted by molar-refractivity contribution is 7.92. The van der Waals surface area contributed by atoms with Crippen molar-refractivity contribution in [3.8, 4) is 5.69 Å². The minimum Gasteiger partial charge on any atom is -0.307 e. The first-order chi connectivity index (χ1) is 16.2. The van der Waals surface area contributed by atoms with Crippen molar-refractivity contribution in [2.75, 3.05) is 12.4 Å². The summed E-state index contributed by atoms with van der Waals surface area (Å²) in [5.74, 6) is 0. The third-order valence-corrected chi connectivity index (χ3v) is 8.54. The number of carbonyl (C=O) groups excluding carboxylic acids is 1. The molecule has 4 aromatic rings. The van der Waals surface area contributed by atoms with Crippen LogP contribution >= 0.6 is 11.3 Å². The number of urea groups is 1. The smallest absolute Gasteiger partial charge is 0.307 e. The highest BCUT2D eigenvalue weighted by atomic mass is 32.2. The molecule has 174 valence electrons. The molecule has 2 N–H and O–H groups in total. The van der Waals surface area contributed by atoms with Crippen molar-refractivity contribution < 1.29 is 13.2 Å². The summed E-state index contributed by atoms with van der Waals surface area (Å²) in [6.45, 7) is 3.49. The van der Waals surface area contributed by atoms with Gasteiger partial charge in [0.2, 0.25) is 0 Å². The number of anilines is 1. The molecular formula is C24H22N4O4S2. The maximum Gasteiger partial charge on any atom is 0.333 e. The molecule has 0 saturated heterocycles. The number of hydrogen-bond acceptors (Lipinski definition) is 6. The molecule has 0 atom stereocenters. The molecule has 3 heterocycles. The maximum absolute atomic E-state index is 13.2. The van der Waals surface area contributed by atoms with Crippen LogP contribution in [0.15, 0.2) is 69.8 Å². The van der Waals surface area contributed by atoms with E-state index in [1.54, 1.807) is 48.0 Å². The van der Waals surface area contributed by atoms with Gasteiger partial charge in [0.1, 0.15) is 4.21 Å². The molecule has 2 aromatic carbocycles. The topological polar surface area (TPSA) is 101 Å². The van der Waals surface area contributed by atoms with Gasteiger partial charge >= 0.3 is 6.03 Å². The summed E-state index contributed by atoms with van der Waals surface area (Å²) >= 11 is 1.09. The van der Waals surface area contributed by atoms with Crippen LogP contribution in [0.3, 0.4) is 0 Å². The molecule has 0 aliphatic carbocycles. The molecule has 0 fully saturated rings. The van der Waals surface area contributed by atoms with Crippen LogP contribution in [0.4, 0.5) is 10.5 Å². The van der Waals surface area contributed by atoms with E-state index in [1.165, 1.54) is 17.2 Å². The van der Waals surface area contributed by atoms with Crippen molar-refractivity contribution in [1.82, 2.24) is 14.2 Å². The normalized spacial score (nSPS) is 13.7. The molecule has 8 nitrogen and oxygen atoms in total. The first-order valence-corrected chi connectivity index (χ1v) is 12.9. The van der Waals surface area contributed by atoms with Crippen molar-refractivity contribution in [2.24, 2.45) is 0 Å². The number of thiophene rings is 1. The first-order valence-electron chi connectivity index (χ1n) is 10.6. The van der Waals surface area contributed by atoms with Crippen LogP contribution in [0.25, 0.3) is 16.5 Å². The third kappa shape index (κ3) is 4.23. The van der Waals surface area contributed by atoms with E-state index in [4.69, 9.17) is 0 Å². The predicted molar refractivity (Wildman–Crippen MR) is 133 cm³/mol. The van der Waals surface area contributed by atoms with Crippen LogP contribution in [0.1, 0.15) is 16.0 Å². The van der Waals surface area contributed by atoms with Crippen LogP contribution in [-0.2, 0) is 23.1 Å². The lowest BCUT2D eigenvalue weighted by molar-refractivity contribution is 0.256. The van der Waals surface area contributed by atoms with Gasteiger partial charge < -0.3 is 5.32 Å². The summed E-state index contributed by atoms with van der Waals surface area (Å²) < 4.78 is 28.3. The number of benzene rings is 2. The fraction of sp³-hybridized carbons (Fsp3) is 0.167. The second kappa shape index (κ2) is 8.39. The summed E-state index contributed by atoms with van der Waals surface area (Å²) in [5, 5.41) is 4.08. The monoisotopic (exact) mass is 494 g/mol. The Labute approximate surface area is 200 Å². The Morgan fingerprint density at radius 1 is 1.00 bits per heavy atom. The van der Waals surface area contributed by atoms with Gasteiger partial charge in [-0.3, -0.25) is 14.3 Å². The van der Waals surface area contributed by atoms with Crippen LogP contribution in [0, 0.1) is 6.92 Å². The zero-order valence-corrected chi connectivity index (χ0v) is 20.2. The maximum atomic E-state index is 13.2. The average Bonchev–Trinajstić information content (AvgIpc) is 3.38. The molecule has 5 rings (SSSR count). The molecular weight excluding hydrogens is 472 g/mol. The van der Waals surface area contributed by atoms with Crippen LogP contribution in [0.2, 0.25) is 0 Å². The molecule has 0 radical (unpaired) electrons. The molecule has 2 aromatic heterocycles. The van der Waals surface area contributed by atoms with Crippen molar-refractivity contribution in [2.45, 2.75) is 24.2 Å². The van der Waals surface area contributed by atoms with E-state index in [0.29, 0.717) is 16.8 Å². The molecule has 0 saturated carbocycles. The Kier molecular flexibility index (Phi) is 5.51. The summed E-state index contributed by atoms with van der Waals surface area (Å²) in [7, 11) is -1.88. The lowest BCUT2D eigenvalue weighted by atomic mass is 10.0. The summed E-state index contributed by atoms with van der Waals surface area (Å²) in [6, 6.07) is 14.9. The van der Waals surface area contributed by atoms with Gasteiger partial charge in [-0.15, -0.1) is 11.3 Å². The van der Waals surface area contributed by atoms with E-state index in [2.05, 4.69) is 23.3 Å². The van der Waals surface area contributed by atoms with E-state index in [9.17, 15) is 18.0 Å². The zero-order chi connectivity index (χ0) is 24.0. The largest absolute Gasteiger partial charge is 0.333 e. The number of aromatic nitrogens is 1. The SMILES string of the molecule is Cc1ccc(S(=O)(=O)NC(=O)Nc2ccc(-n3ccc4cc5c(cc4c3=O)CN(C)C5)cc2)s1. The molecule has 10 heteroatoms. The fourth-order valence-electron chi connectivity index (χ4n) is 4.11. The lowest BCUT2D eigenvalue weighted by Crippen LogP contribution is -2.33. The Morgan fingerprint density at radius 3 is 2.38 bits per heavy atom. The van der Waals surface area contributed by atoms with E-state index >= 15 is 0 Å². The lowest BCUT2D eigenvalue weighted by Gasteiger charge is -2.11. The van der Waals surface area contributed by atoms with Crippen LogP contribution < -0.4 is 15.6 Å². The Balaban J connectivity index is 1.35. The fourth-order valence-corrected chi connectivity index (χ4v) is 6.30. The number of aryl methyl sites for hydroxylation is 1. The molecule has 0 unspecified atom stereocenters. The number of pyridine rings is 1. The minimum atomic E-state index is -3.94. The van der Waals surface area contributed by atoms with Crippen LogP contribution in [-0.4, -0.2) is 31.0 Å². The number of fused-ring (bicyclic) bond motifs is 2. The molecule has 1 aliphatic rings. The van der Waals surface area contributed by atoms with Crippen molar-refractivity contribution in [3.63, 3.8) is 0 Å². The van der Waals surface area contributed by atoms with E-state index in [1.807, 2.05) is 16.9 Å². The molecule has 34 heavy (non-hydrogen) atoms. The van der Waals surface area contributed by atoms with Gasteiger partial charge in [0, 0.05) is 40.9 Å². The third-order valence-electron chi connectivity index (χ3n) is 5.72. The average molecular weight is 495 g/mol. The Morgan fingerprint density at radius 2 is 1.71 bits per heavy atom. The first kappa shape index (κ1) is 22.3.